The number of alkyl halides is 1. The molecule has 1 aromatic heterocycles. The summed E-state index contributed by atoms with van der Waals surface area (Å²) in [6, 6.07) is 8.69. The molecule has 0 bridgehead atoms. The van der Waals surface area contributed by atoms with Gasteiger partial charge < -0.3 is 0 Å². The van der Waals surface area contributed by atoms with Gasteiger partial charge in [0, 0.05) is 5.92 Å². The third-order valence-electron chi connectivity index (χ3n) is 3.46. The number of aryl methyl sites for hydroxylation is 1. The Kier molecular flexibility index (Phi) is 3.35. The van der Waals surface area contributed by atoms with Crippen LogP contribution in [0.5, 0.6) is 0 Å². The maximum absolute atomic E-state index is 6.06. The number of nitrogens with zero attached hydrogens (tertiary/aromatic N) is 2. The van der Waals surface area contributed by atoms with E-state index in [0.29, 0.717) is 5.92 Å². The lowest BCUT2D eigenvalue weighted by atomic mass is 9.83. The number of rotatable bonds is 2. The molecule has 1 aromatic carbocycles. The van der Waals surface area contributed by atoms with E-state index in [4.69, 9.17) is 11.6 Å². The third-order valence-corrected chi connectivity index (χ3v) is 5.02. The second-order valence-corrected chi connectivity index (χ2v) is 6.43. The lowest BCUT2D eigenvalue weighted by molar-refractivity contribution is 0.609. The molecule has 0 fully saturated rings. The maximum atomic E-state index is 6.06. The quantitative estimate of drug-likeness (QED) is 0.765. The Hall–Kier alpha value is -0.930. The van der Waals surface area contributed by atoms with Gasteiger partial charge in [-0.05, 0) is 37.3 Å². The Morgan fingerprint density at radius 2 is 2.17 bits per heavy atom. The van der Waals surface area contributed by atoms with Gasteiger partial charge in [-0.3, -0.25) is 0 Å². The van der Waals surface area contributed by atoms with Crippen molar-refractivity contribution < 1.29 is 0 Å². The van der Waals surface area contributed by atoms with E-state index in [1.54, 1.807) is 11.3 Å². The van der Waals surface area contributed by atoms with Gasteiger partial charge in [-0.15, -0.1) is 21.8 Å². The van der Waals surface area contributed by atoms with Crippen LogP contribution < -0.4 is 0 Å². The summed E-state index contributed by atoms with van der Waals surface area (Å²) < 4.78 is 0. The molecular formula is C14H15ClN2S. The summed E-state index contributed by atoms with van der Waals surface area (Å²) in [6.45, 7) is 1.95. The van der Waals surface area contributed by atoms with Crippen LogP contribution in [0.4, 0.5) is 0 Å². The van der Waals surface area contributed by atoms with Crippen LogP contribution in [0, 0.1) is 0 Å². The normalized spacial score (nSPS) is 20.4. The zero-order valence-corrected chi connectivity index (χ0v) is 11.8. The Morgan fingerprint density at radius 1 is 1.33 bits per heavy atom. The summed E-state index contributed by atoms with van der Waals surface area (Å²) in [5, 5.41) is 10.5. The molecule has 2 aromatic rings. The van der Waals surface area contributed by atoms with E-state index in [-0.39, 0.29) is 5.38 Å². The number of fused-ring (bicyclic) bond motifs is 1. The van der Waals surface area contributed by atoms with Crippen molar-refractivity contribution in [2.75, 3.05) is 0 Å². The van der Waals surface area contributed by atoms with Crippen molar-refractivity contribution in [3.05, 3.63) is 45.4 Å². The smallest absolute Gasteiger partial charge is 0.135 e. The molecule has 1 aliphatic carbocycles. The largest absolute Gasteiger partial charge is 0.143 e. The Morgan fingerprint density at radius 3 is 2.94 bits per heavy atom. The van der Waals surface area contributed by atoms with Gasteiger partial charge >= 0.3 is 0 Å². The minimum atomic E-state index is -0.0462. The van der Waals surface area contributed by atoms with Gasteiger partial charge in [0.05, 0.1) is 5.38 Å². The first-order chi connectivity index (χ1) is 8.75. The molecule has 4 heteroatoms. The van der Waals surface area contributed by atoms with Crippen LogP contribution in [0.15, 0.2) is 24.3 Å². The van der Waals surface area contributed by atoms with E-state index in [1.165, 1.54) is 30.4 Å². The van der Waals surface area contributed by atoms with E-state index in [1.807, 2.05) is 6.92 Å². The Labute approximate surface area is 116 Å². The molecule has 0 saturated carbocycles. The van der Waals surface area contributed by atoms with Crippen molar-refractivity contribution in [1.29, 1.82) is 0 Å². The van der Waals surface area contributed by atoms with E-state index in [9.17, 15) is 0 Å². The highest BCUT2D eigenvalue weighted by Gasteiger charge is 2.25. The molecule has 2 unspecified atom stereocenters. The van der Waals surface area contributed by atoms with Crippen LogP contribution in [0.1, 0.15) is 52.2 Å². The van der Waals surface area contributed by atoms with E-state index < -0.39 is 0 Å². The number of hydrogen-bond acceptors (Lipinski definition) is 3. The molecule has 18 heavy (non-hydrogen) atoms. The summed E-state index contributed by atoms with van der Waals surface area (Å²) in [5.41, 5.74) is 2.89. The SMILES string of the molecule is CC(Cl)c1nnc(C2CCCc3ccccc32)s1. The lowest BCUT2D eigenvalue weighted by Crippen LogP contribution is -2.10. The number of benzene rings is 1. The Bertz CT molecular complexity index is 550. The van der Waals surface area contributed by atoms with Crippen LogP contribution >= 0.6 is 22.9 Å². The minimum absolute atomic E-state index is 0.0462. The topological polar surface area (TPSA) is 25.8 Å². The van der Waals surface area contributed by atoms with E-state index in [2.05, 4.69) is 34.5 Å². The second-order valence-electron chi connectivity index (χ2n) is 4.74. The van der Waals surface area contributed by atoms with Gasteiger partial charge in [0.2, 0.25) is 0 Å². The molecule has 94 valence electrons. The molecule has 3 rings (SSSR count). The fourth-order valence-electron chi connectivity index (χ4n) is 2.56. The summed E-state index contributed by atoms with van der Waals surface area (Å²) >= 11 is 7.72. The minimum Gasteiger partial charge on any atom is -0.143 e. The molecule has 0 N–H and O–H groups in total. The lowest BCUT2D eigenvalue weighted by Gasteiger charge is -2.23. The Balaban J connectivity index is 1.97. The van der Waals surface area contributed by atoms with Crippen molar-refractivity contribution in [3.8, 4) is 0 Å². The first kappa shape index (κ1) is 12.1. The fraction of sp³-hybridized carbons (Fsp3) is 0.429. The summed E-state index contributed by atoms with van der Waals surface area (Å²) in [7, 11) is 0. The molecular weight excluding hydrogens is 264 g/mol. The third kappa shape index (κ3) is 2.17. The molecule has 0 spiro atoms. The standard InChI is InChI=1S/C14H15ClN2S/c1-9(15)13-16-17-14(18-13)12-8-4-6-10-5-2-3-7-11(10)12/h2-3,5,7,9,12H,4,6,8H2,1H3. The van der Waals surface area contributed by atoms with Gasteiger partial charge in [-0.1, -0.05) is 35.6 Å². The van der Waals surface area contributed by atoms with Crippen molar-refractivity contribution in [1.82, 2.24) is 10.2 Å². The van der Waals surface area contributed by atoms with Gasteiger partial charge in [0.25, 0.3) is 0 Å². The molecule has 1 aliphatic rings. The summed E-state index contributed by atoms with van der Waals surface area (Å²) in [5.74, 6) is 0.414. The van der Waals surface area contributed by atoms with Crippen LogP contribution in [0.25, 0.3) is 0 Å². The van der Waals surface area contributed by atoms with Crippen molar-refractivity contribution in [3.63, 3.8) is 0 Å². The zero-order chi connectivity index (χ0) is 12.5. The van der Waals surface area contributed by atoms with Gasteiger partial charge in [0.1, 0.15) is 10.0 Å². The fourth-order valence-corrected chi connectivity index (χ4v) is 3.66. The summed E-state index contributed by atoms with van der Waals surface area (Å²) in [4.78, 5) is 0. The van der Waals surface area contributed by atoms with Crippen LogP contribution in [-0.2, 0) is 6.42 Å². The molecule has 0 amide bonds. The van der Waals surface area contributed by atoms with Gasteiger partial charge in [-0.25, -0.2) is 0 Å². The first-order valence-electron chi connectivity index (χ1n) is 6.31. The molecule has 0 aliphatic heterocycles. The van der Waals surface area contributed by atoms with E-state index in [0.717, 1.165) is 10.0 Å². The average molecular weight is 279 g/mol. The molecule has 1 heterocycles. The second kappa shape index (κ2) is 4.98. The van der Waals surface area contributed by atoms with Crippen LogP contribution in [0.2, 0.25) is 0 Å². The molecule has 2 nitrogen and oxygen atoms in total. The number of aromatic nitrogens is 2. The number of hydrogen-bond donors (Lipinski definition) is 0. The highest BCUT2D eigenvalue weighted by molar-refractivity contribution is 7.11. The van der Waals surface area contributed by atoms with E-state index >= 15 is 0 Å². The van der Waals surface area contributed by atoms with Crippen LogP contribution in [0.3, 0.4) is 0 Å². The van der Waals surface area contributed by atoms with Crippen molar-refractivity contribution >= 4 is 22.9 Å². The maximum Gasteiger partial charge on any atom is 0.135 e. The zero-order valence-electron chi connectivity index (χ0n) is 10.3. The predicted octanol–water partition coefficient (Wildman–Crippen LogP) is 4.31. The molecule has 0 radical (unpaired) electrons. The predicted molar refractivity (Wildman–Crippen MR) is 75.4 cm³/mol. The molecule has 0 saturated heterocycles. The highest BCUT2D eigenvalue weighted by Crippen LogP contribution is 2.38. The monoisotopic (exact) mass is 278 g/mol. The average Bonchev–Trinajstić information content (AvgIpc) is 2.87. The van der Waals surface area contributed by atoms with Crippen molar-refractivity contribution in [2.24, 2.45) is 0 Å². The summed E-state index contributed by atoms with van der Waals surface area (Å²) in [6.07, 6.45) is 3.58. The van der Waals surface area contributed by atoms with Gasteiger partial charge in [0.15, 0.2) is 0 Å². The highest BCUT2D eigenvalue weighted by atomic mass is 35.5. The van der Waals surface area contributed by atoms with Crippen LogP contribution in [-0.4, -0.2) is 10.2 Å². The molecule has 2 atom stereocenters. The van der Waals surface area contributed by atoms with Gasteiger partial charge in [-0.2, -0.15) is 0 Å². The number of halogens is 1. The van der Waals surface area contributed by atoms with Crippen molar-refractivity contribution in [2.45, 2.75) is 37.5 Å². The first-order valence-corrected chi connectivity index (χ1v) is 7.56.